The number of benzene rings is 2. The van der Waals surface area contributed by atoms with Gasteiger partial charge in [-0.05, 0) is 46.3 Å². The van der Waals surface area contributed by atoms with Gasteiger partial charge in [0.25, 0.3) is 0 Å². The summed E-state index contributed by atoms with van der Waals surface area (Å²) in [5, 5.41) is 3.87. The molecule has 8 heteroatoms. The van der Waals surface area contributed by atoms with E-state index in [4.69, 9.17) is 0 Å². The van der Waals surface area contributed by atoms with Gasteiger partial charge >= 0.3 is 5.69 Å². The van der Waals surface area contributed by atoms with Gasteiger partial charge in [0.2, 0.25) is 0 Å². The second kappa shape index (κ2) is 6.04. The summed E-state index contributed by atoms with van der Waals surface area (Å²) in [7, 11) is 0. The molecule has 0 saturated heterocycles. The van der Waals surface area contributed by atoms with Crippen LogP contribution in [0.2, 0.25) is 0 Å². The molecule has 0 fully saturated rings. The van der Waals surface area contributed by atoms with Crippen molar-refractivity contribution in [3.05, 3.63) is 80.7 Å². The van der Waals surface area contributed by atoms with E-state index in [1.807, 2.05) is 0 Å². The van der Waals surface area contributed by atoms with E-state index in [9.17, 15) is 18.0 Å². The summed E-state index contributed by atoms with van der Waals surface area (Å²) in [6.45, 7) is -0.179. The maximum absolute atomic E-state index is 13.7. The molecule has 0 bridgehead atoms. The van der Waals surface area contributed by atoms with Gasteiger partial charge in [-0.3, -0.25) is 4.57 Å². The Morgan fingerprint density at radius 3 is 2.57 bits per heavy atom. The van der Waals surface area contributed by atoms with Crippen LogP contribution in [0.5, 0.6) is 0 Å². The minimum Gasteiger partial charge on any atom is -0.277 e. The fraction of sp³-hybridized carbons (Fsp3) is 0.0667. The highest BCUT2D eigenvalue weighted by atomic mass is 79.9. The van der Waals surface area contributed by atoms with E-state index in [1.165, 1.54) is 18.5 Å². The van der Waals surface area contributed by atoms with Crippen LogP contribution in [-0.4, -0.2) is 14.3 Å². The van der Waals surface area contributed by atoms with Gasteiger partial charge in [-0.2, -0.15) is 9.78 Å². The molecule has 0 aliphatic rings. The van der Waals surface area contributed by atoms with Crippen molar-refractivity contribution in [1.82, 2.24) is 14.3 Å². The van der Waals surface area contributed by atoms with E-state index in [-0.39, 0.29) is 22.3 Å². The van der Waals surface area contributed by atoms with Crippen LogP contribution in [-0.2, 0) is 6.54 Å². The lowest BCUT2D eigenvalue weighted by molar-refractivity contribution is 0.574. The first kappa shape index (κ1) is 15.5. The van der Waals surface area contributed by atoms with Crippen molar-refractivity contribution in [2.45, 2.75) is 6.54 Å². The summed E-state index contributed by atoms with van der Waals surface area (Å²) in [5.74, 6) is -1.77. The quantitative estimate of drug-likeness (QED) is 0.696. The molecule has 0 saturated carbocycles. The predicted octanol–water partition coefficient (Wildman–Crippen LogP) is 3.26. The van der Waals surface area contributed by atoms with Gasteiger partial charge in [0.15, 0.2) is 0 Å². The first-order valence-corrected chi connectivity index (χ1v) is 7.29. The normalized spacial score (nSPS) is 11.0. The summed E-state index contributed by atoms with van der Waals surface area (Å²) in [4.78, 5) is 12.3. The zero-order valence-corrected chi connectivity index (χ0v) is 13.1. The van der Waals surface area contributed by atoms with Crippen LogP contribution in [0.3, 0.4) is 0 Å². The maximum Gasteiger partial charge on any atom is 0.350 e. The molecule has 4 nitrogen and oxygen atoms in total. The van der Waals surface area contributed by atoms with Gasteiger partial charge in [0.1, 0.15) is 23.8 Å². The van der Waals surface area contributed by atoms with Crippen LogP contribution >= 0.6 is 15.9 Å². The van der Waals surface area contributed by atoms with Crippen molar-refractivity contribution >= 4 is 15.9 Å². The van der Waals surface area contributed by atoms with E-state index in [1.54, 1.807) is 0 Å². The number of hydrogen-bond donors (Lipinski definition) is 0. The molecule has 1 heterocycles. The second-order valence-corrected chi connectivity index (χ2v) is 5.64. The molecular weight excluding hydrogens is 375 g/mol. The molecule has 23 heavy (non-hydrogen) atoms. The predicted molar refractivity (Wildman–Crippen MR) is 80.9 cm³/mol. The molecule has 0 radical (unpaired) electrons. The third kappa shape index (κ3) is 3.07. The number of nitrogens with zero attached hydrogens (tertiary/aromatic N) is 3. The zero-order chi connectivity index (χ0) is 16.6. The topological polar surface area (TPSA) is 39.8 Å². The highest BCUT2D eigenvalue weighted by Crippen LogP contribution is 2.17. The lowest BCUT2D eigenvalue weighted by Gasteiger charge is -2.04. The molecule has 0 aliphatic heterocycles. The molecule has 0 unspecified atom stereocenters. The zero-order valence-electron chi connectivity index (χ0n) is 11.5. The molecule has 0 N–H and O–H groups in total. The number of halogens is 4. The van der Waals surface area contributed by atoms with E-state index in [0.717, 1.165) is 33.5 Å². The first-order valence-electron chi connectivity index (χ1n) is 6.49. The van der Waals surface area contributed by atoms with Gasteiger partial charge in [0.05, 0.1) is 16.7 Å². The van der Waals surface area contributed by atoms with Gasteiger partial charge in [-0.25, -0.2) is 18.0 Å². The Bertz CT molecular complexity index is 936. The smallest absolute Gasteiger partial charge is 0.277 e. The number of aromatic nitrogens is 3. The Kier molecular flexibility index (Phi) is 4.08. The van der Waals surface area contributed by atoms with Crippen LogP contribution in [0.4, 0.5) is 13.2 Å². The lowest BCUT2D eigenvalue weighted by atomic mass is 10.2. The fourth-order valence-corrected chi connectivity index (χ4v) is 2.33. The Morgan fingerprint density at radius 1 is 1.04 bits per heavy atom. The summed E-state index contributed by atoms with van der Waals surface area (Å²) in [6.07, 6.45) is 1.19. The Labute approximate surface area is 136 Å². The molecule has 3 rings (SSSR count). The lowest BCUT2D eigenvalue weighted by Crippen LogP contribution is -2.24. The highest BCUT2D eigenvalue weighted by molar-refractivity contribution is 9.10. The highest BCUT2D eigenvalue weighted by Gasteiger charge is 2.12. The van der Waals surface area contributed by atoms with Crippen molar-refractivity contribution in [2.75, 3.05) is 0 Å². The summed E-state index contributed by atoms with van der Waals surface area (Å²) in [6, 6.07) is 7.10. The average molecular weight is 384 g/mol. The van der Waals surface area contributed by atoms with E-state index >= 15 is 0 Å². The molecule has 3 aromatic rings. The number of rotatable bonds is 3. The fourth-order valence-electron chi connectivity index (χ4n) is 2.08. The molecule has 0 aliphatic carbocycles. The maximum atomic E-state index is 13.7. The van der Waals surface area contributed by atoms with Gasteiger partial charge in [0, 0.05) is 11.6 Å². The van der Waals surface area contributed by atoms with Crippen LogP contribution in [0.1, 0.15) is 5.56 Å². The molecule has 0 spiro atoms. The van der Waals surface area contributed by atoms with Crippen molar-refractivity contribution in [1.29, 1.82) is 0 Å². The third-order valence-electron chi connectivity index (χ3n) is 3.23. The van der Waals surface area contributed by atoms with Crippen molar-refractivity contribution < 1.29 is 13.2 Å². The molecule has 118 valence electrons. The monoisotopic (exact) mass is 383 g/mol. The van der Waals surface area contributed by atoms with E-state index in [2.05, 4.69) is 21.0 Å². The van der Waals surface area contributed by atoms with Crippen LogP contribution in [0, 0.1) is 17.5 Å². The molecule has 0 amide bonds. The summed E-state index contributed by atoms with van der Waals surface area (Å²) >= 11 is 3.02. The van der Waals surface area contributed by atoms with Crippen molar-refractivity contribution in [3.8, 4) is 5.69 Å². The van der Waals surface area contributed by atoms with Crippen LogP contribution < -0.4 is 5.69 Å². The number of hydrogen-bond acceptors (Lipinski definition) is 2. The average Bonchev–Trinajstić information content (AvgIpc) is 2.87. The van der Waals surface area contributed by atoms with E-state index < -0.39 is 23.1 Å². The van der Waals surface area contributed by atoms with Gasteiger partial charge in [-0.15, -0.1) is 0 Å². The largest absolute Gasteiger partial charge is 0.350 e. The van der Waals surface area contributed by atoms with Gasteiger partial charge < -0.3 is 0 Å². The van der Waals surface area contributed by atoms with Crippen molar-refractivity contribution in [3.63, 3.8) is 0 Å². The van der Waals surface area contributed by atoms with E-state index in [0.29, 0.717) is 0 Å². The summed E-state index contributed by atoms with van der Waals surface area (Å²) in [5.41, 5.74) is -0.335. The van der Waals surface area contributed by atoms with Crippen molar-refractivity contribution in [2.24, 2.45) is 0 Å². The second-order valence-electron chi connectivity index (χ2n) is 4.79. The minimum absolute atomic E-state index is 0.0219. The third-order valence-corrected chi connectivity index (χ3v) is 3.87. The van der Waals surface area contributed by atoms with Gasteiger partial charge in [-0.1, -0.05) is 0 Å². The Hall–Kier alpha value is -2.35. The Morgan fingerprint density at radius 2 is 1.83 bits per heavy atom. The molecule has 2 aromatic carbocycles. The summed E-state index contributed by atoms with van der Waals surface area (Å²) < 4.78 is 42.7. The first-order chi connectivity index (χ1) is 11.0. The minimum atomic E-state index is -0.624. The van der Waals surface area contributed by atoms with Crippen LogP contribution in [0.25, 0.3) is 5.69 Å². The molecular formula is C15H9BrF3N3O. The standard InChI is InChI=1S/C15H9BrF3N3O/c16-12-3-2-11(6-14(12)19)22-15(23)21(8-20-22)7-9-5-10(17)1-4-13(9)18/h1-6,8H,7H2. The molecule has 1 aromatic heterocycles. The SMILES string of the molecule is O=c1n(Cc2cc(F)ccc2F)cnn1-c1ccc(Br)c(F)c1. The molecule has 0 atom stereocenters. The van der Waals surface area contributed by atoms with Crippen LogP contribution in [0.15, 0.2) is 52.0 Å². The Balaban J connectivity index is 1.97.